The van der Waals surface area contributed by atoms with Gasteiger partial charge in [0.2, 0.25) is 0 Å². The van der Waals surface area contributed by atoms with Crippen LogP contribution in [0.5, 0.6) is 0 Å². The van der Waals surface area contributed by atoms with E-state index in [-0.39, 0.29) is 18.6 Å². The number of thiophene rings is 1. The maximum absolute atomic E-state index is 11.2. The van der Waals surface area contributed by atoms with E-state index in [4.69, 9.17) is 16.3 Å². The van der Waals surface area contributed by atoms with Crippen molar-refractivity contribution in [2.45, 2.75) is 26.5 Å². The molecule has 84 valence electrons. The van der Waals surface area contributed by atoms with E-state index in [2.05, 4.69) is 5.32 Å². The average molecular weight is 248 g/mol. The van der Waals surface area contributed by atoms with Gasteiger partial charge in [-0.1, -0.05) is 25.4 Å². The van der Waals surface area contributed by atoms with E-state index in [9.17, 15) is 4.79 Å². The third-order valence-corrected chi connectivity index (χ3v) is 2.86. The Bertz CT molecular complexity index is 325. The molecule has 0 atom stereocenters. The van der Waals surface area contributed by atoms with Crippen molar-refractivity contribution in [1.82, 2.24) is 5.32 Å². The molecule has 0 amide bonds. The first-order chi connectivity index (χ1) is 7.08. The van der Waals surface area contributed by atoms with E-state index in [1.54, 1.807) is 6.07 Å². The van der Waals surface area contributed by atoms with Gasteiger partial charge >= 0.3 is 5.97 Å². The van der Waals surface area contributed by atoms with E-state index in [0.717, 1.165) is 4.88 Å². The first-order valence-electron chi connectivity index (χ1n) is 4.71. The van der Waals surface area contributed by atoms with Gasteiger partial charge < -0.3 is 10.1 Å². The highest BCUT2D eigenvalue weighted by Gasteiger charge is 2.05. The van der Waals surface area contributed by atoms with Crippen LogP contribution < -0.4 is 5.32 Å². The number of hydrogen-bond donors (Lipinski definition) is 1. The van der Waals surface area contributed by atoms with Gasteiger partial charge in [0.15, 0.2) is 0 Å². The van der Waals surface area contributed by atoms with Crippen molar-refractivity contribution in [2.75, 3.05) is 6.54 Å². The monoisotopic (exact) mass is 247 g/mol. The SMILES string of the molecule is CC(C)NCC(=O)OCc1ccc(Cl)s1. The second-order valence-electron chi connectivity index (χ2n) is 3.40. The number of rotatable bonds is 5. The second kappa shape index (κ2) is 6.10. The van der Waals surface area contributed by atoms with Crippen molar-refractivity contribution >= 4 is 28.9 Å². The average Bonchev–Trinajstić information content (AvgIpc) is 2.58. The highest BCUT2D eigenvalue weighted by atomic mass is 35.5. The van der Waals surface area contributed by atoms with Crippen LogP contribution in [0.15, 0.2) is 12.1 Å². The molecule has 0 saturated heterocycles. The summed E-state index contributed by atoms with van der Waals surface area (Å²) in [5, 5.41) is 2.99. The zero-order valence-corrected chi connectivity index (χ0v) is 10.3. The largest absolute Gasteiger partial charge is 0.459 e. The molecule has 0 saturated carbocycles. The Hall–Kier alpha value is -0.580. The van der Waals surface area contributed by atoms with Crippen molar-refractivity contribution in [3.63, 3.8) is 0 Å². The summed E-state index contributed by atoms with van der Waals surface area (Å²) in [7, 11) is 0. The van der Waals surface area contributed by atoms with Crippen molar-refractivity contribution < 1.29 is 9.53 Å². The molecule has 1 heterocycles. The lowest BCUT2D eigenvalue weighted by molar-refractivity contribution is -0.143. The first kappa shape index (κ1) is 12.5. The summed E-state index contributed by atoms with van der Waals surface area (Å²) >= 11 is 7.17. The minimum Gasteiger partial charge on any atom is -0.459 e. The van der Waals surface area contributed by atoms with E-state index >= 15 is 0 Å². The number of nitrogens with one attached hydrogen (secondary N) is 1. The van der Waals surface area contributed by atoms with Gasteiger partial charge in [-0.2, -0.15) is 0 Å². The Morgan fingerprint density at radius 2 is 2.33 bits per heavy atom. The Morgan fingerprint density at radius 1 is 1.60 bits per heavy atom. The Morgan fingerprint density at radius 3 is 2.87 bits per heavy atom. The van der Waals surface area contributed by atoms with Crippen LogP contribution in [-0.2, 0) is 16.1 Å². The molecule has 0 spiro atoms. The minimum absolute atomic E-state index is 0.242. The molecule has 0 bridgehead atoms. The van der Waals surface area contributed by atoms with Crippen LogP contribution in [0, 0.1) is 0 Å². The summed E-state index contributed by atoms with van der Waals surface area (Å²) in [5.74, 6) is -0.242. The maximum atomic E-state index is 11.2. The number of carbonyl (C=O) groups excluding carboxylic acids is 1. The fraction of sp³-hybridized carbons (Fsp3) is 0.500. The standard InChI is InChI=1S/C10H14ClNO2S/c1-7(2)12-5-10(13)14-6-8-3-4-9(11)15-8/h3-4,7,12H,5-6H2,1-2H3. The zero-order chi connectivity index (χ0) is 11.3. The molecule has 3 nitrogen and oxygen atoms in total. The molecule has 0 aliphatic rings. The lowest BCUT2D eigenvalue weighted by Crippen LogP contribution is -2.30. The molecule has 0 aliphatic heterocycles. The molecular formula is C10H14ClNO2S. The summed E-state index contributed by atoms with van der Waals surface area (Å²) in [4.78, 5) is 12.2. The molecule has 1 aromatic heterocycles. The lowest BCUT2D eigenvalue weighted by Gasteiger charge is -2.07. The van der Waals surface area contributed by atoms with Gasteiger partial charge in [0, 0.05) is 10.9 Å². The van der Waals surface area contributed by atoms with Gasteiger partial charge in [-0.3, -0.25) is 4.79 Å². The molecule has 0 unspecified atom stereocenters. The molecule has 0 fully saturated rings. The van der Waals surface area contributed by atoms with Crippen LogP contribution in [0.1, 0.15) is 18.7 Å². The van der Waals surface area contributed by atoms with Crippen molar-refractivity contribution in [2.24, 2.45) is 0 Å². The van der Waals surface area contributed by atoms with Crippen LogP contribution >= 0.6 is 22.9 Å². The maximum Gasteiger partial charge on any atom is 0.320 e. The molecule has 1 N–H and O–H groups in total. The molecule has 0 aliphatic carbocycles. The van der Waals surface area contributed by atoms with Crippen molar-refractivity contribution in [3.05, 3.63) is 21.3 Å². The highest BCUT2D eigenvalue weighted by molar-refractivity contribution is 7.16. The predicted molar refractivity (Wildman–Crippen MR) is 62.3 cm³/mol. The third-order valence-electron chi connectivity index (χ3n) is 1.66. The van der Waals surface area contributed by atoms with Crippen molar-refractivity contribution in [1.29, 1.82) is 0 Å². The fourth-order valence-corrected chi connectivity index (χ4v) is 1.92. The Kier molecular flexibility index (Phi) is 5.08. The Balaban J connectivity index is 2.22. The summed E-state index contributed by atoms with van der Waals surface area (Å²) in [6, 6.07) is 3.94. The fourth-order valence-electron chi connectivity index (χ4n) is 0.919. The molecule has 0 aromatic carbocycles. The molecular weight excluding hydrogens is 234 g/mol. The van der Waals surface area contributed by atoms with Gasteiger partial charge in [-0.15, -0.1) is 11.3 Å². The van der Waals surface area contributed by atoms with E-state index in [0.29, 0.717) is 10.9 Å². The summed E-state index contributed by atoms with van der Waals surface area (Å²) in [6.07, 6.45) is 0. The number of esters is 1. The molecule has 1 aromatic rings. The summed E-state index contributed by atoms with van der Waals surface area (Å²) in [5.41, 5.74) is 0. The molecule has 0 radical (unpaired) electrons. The first-order valence-corrected chi connectivity index (χ1v) is 5.90. The minimum atomic E-state index is -0.242. The van der Waals surface area contributed by atoms with E-state index < -0.39 is 0 Å². The second-order valence-corrected chi connectivity index (χ2v) is 5.20. The molecule has 15 heavy (non-hydrogen) atoms. The molecule has 5 heteroatoms. The topological polar surface area (TPSA) is 38.3 Å². The highest BCUT2D eigenvalue weighted by Crippen LogP contribution is 2.21. The number of ether oxygens (including phenoxy) is 1. The van der Waals surface area contributed by atoms with Gasteiger partial charge in [-0.05, 0) is 12.1 Å². The van der Waals surface area contributed by atoms with E-state index in [1.165, 1.54) is 11.3 Å². The third kappa shape index (κ3) is 5.16. The van der Waals surface area contributed by atoms with Crippen LogP contribution in [0.25, 0.3) is 0 Å². The Labute approximate surface area is 98.4 Å². The number of halogens is 1. The predicted octanol–water partition coefficient (Wildman–Crippen LogP) is 2.44. The lowest BCUT2D eigenvalue weighted by atomic mass is 10.4. The number of carbonyl (C=O) groups is 1. The van der Waals surface area contributed by atoms with Crippen LogP contribution in [0.4, 0.5) is 0 Å². The van der Waals surface area contributed by atoms with Gasteiger partial charge in [0.1, 0.15) is 6.61 Å². The van der Waals surface area contributed by atoms with Crippen molar-refractivity contribution in [3.8, 4) is 0 Å². The quantitative estimate of drug-likeness (QED) is 0.813. The normalized spacial score (nSPS) is 10.7. The number of hydrogen-bond acceptors (Lipinski definition) is 4. The zero-order valence-electron chi connectivity index (χ0n) is 8.75. The molecule has 1 rings (SSSR count). The van der Waals surface area contributed by atoms with E-state index in [1.807, 2.05) is 19.9 Å². The van der Waals surface area contributed by atoms with Gasteiger partial charge in [-0.25, -0.2) is 0 Å². The van der Waals surface area contributed by atoms with Gasteiger partial charge in [0.25, 0.3) is 0 Å². The van der Waals surface area contributed by atoms with Crippen LogP contribution in [0.2, 0.25) is 4.34 Å². The summed E-state index contributed by atoms with van der Waals surface area (Å²) in [6.45, 7) is 4.51. The summed E-state index contributed by atoms with van der Waals surface area (Å²) < 4.78 is 5.75. The smallest absolute Gasteiger partial charge is 0.320 e. The van der Waals surface area contributed by atoms with Crippen LogP contribution in [-0.4, -0.2) is 18.6 Å². The van der Waals surface area contributed by atoms with Crippen LogP contribution in [0.3, 0.4) is 0 Å². The van der Waals surface area contributed by atoms with Gasteiger partial charge in [0.05, 0.1) is 10.9 Å².